The molecule has 0 aliphatic carbocycles. The zero-order valence-electron chi connectivity index (χ0n) is 12.7. The number of benzene rings is 1. The highest BCUT2D eigenvalue weighted by Crippen LogP contribution is 2.35. The Bertz CT molecular complexity index is 746. The molecule has 0 aliphatic heterocycles. The summed E-state index contributed by atoms with van der Waals surface area (Å²) >= 11 is 12.0. The van der Waals surface area contributed by atoms with Crippen LogP contribution in [0.4, 0.5) is 23.0 Å². The number of hydrogen-bond acceptors (Lipinski definition) is 6. The van der Waals surface area contributed by atoms with Crippen molar-refractivity contribution >= 4 is 46.2 Å². The molecule has 0 bridgehead atoms. The van der Waals surface area contributed by atoms with E-state index in [2.05, 4.69) is 20.6 Å². The van der Waals surface area contributed by atoms with Crippen molar-refractivity contribution in [3.05, 3.63) is 44.7 Å². The fraction of sp³-hybridized carbons (Fsp3) is 0.286. The van der Waals surface area contributed by atoms with Crippen molar-refractivity contribution in [2.24, 2.45) is 0 Å². The number of halogens is 2. The fourth-order valence-electron chi connectivity index (χ4n) is 1.81. The summed E-state index contributed by atoms with van der Waals surface area (Å²) in [6.07, 6.45) is 1.24. The highest BCUT2D eigenvalue weighted by Gasteiger charge is 2.26. The van der Waals surface area contributed by atoms with Crippen LogP contribution in [0.15, 0.2) is 24.5 Å². The van der Waals surface area contributed by atoms with Crippen molar-refractivity contribution in [1.29, 1.82) is 0 Å². The summed E-state index contributed by atoms with van der Waals surface area (Å²) in [6.45, 7) is 5.62. The summed E-state index contributed by atoms with van der Waals surface area (Å²) in [4.78, 5) is 18.8. The van der Waals surface area contributed by atoms with Crippen LogP contribution in [-0.4, -0.2) is 20.4 Å². The molecule has 0 atom stereocenters. The monoisotopic (exact) mass is 355 g/mol. The Morgan fingerprint density at radius 2 is 1.83 bits per heavy atom. The van der Waals surface area contributed by atoms with E-state index in [0.29, 0.717) is 15.7 Å². The number of anilines is 3. The molecule has 0 aliphatic rings. The van der Waals surface area contributed by atoms with Gasteiger partial charge in [0, 0.05) is 10.6 Å². The molecule has 23 heavy (non-hydrogen) atoms. The van der Waals surface area contributed by atoms with Gasteiger partial charge in [0.15, 0.2) is 0 Å². The van der Waals surface area contributed by atoms with Gasteiger partial charge in [-0.15, -0.1) is 0 Å². The first kappa shape index (κ1) is 17.2. The molecule has 9 heteroatoms. The lowest BCUT2D eigenvalue weighted by Crippen LogP contribution is -2.27. The van der Waals surface area contributed by atoms with Gasteiger partial charge in [0.05, 0.1) is 15.6 Å². The van der Waals surface area contributed by atoms with Gasteiger partial charge in [-0.1, -0.05) is 23.2 Å². The van der Waals surface area contributed by atoms with Crippen molar-refractivity contribution in [3.8, 4) is 0 Å². The van der Waals surface area contributed by atoms with E-state index in [9.17, 15) is 10.1 Å². The van der Waals surface area contributed by atoms with E-state index in [4.69, 9.17) is 23.2 Å². The highest BCUT2D eigenvalue weighted by atomic mass is 35.5. The van der Waals surface area contributed by atoms with Gasteiger partial charge in [-0.05, 0) is 39.0 Å². The topological polar surface area (TPSA) is 93.0 Å². The molecule has 2 rings (SSSR count). The average molecular weight is 356 g/mol. The van der Waals surface area contributed by atoms with Crippen molar-refractivity contribution in [3.63, 3.8) is 0 Å². The minimum Gasteiger partial charge on any atom is -0.360 e. The van der Waals surface area contributed by atoms with Gasteiger partial charge in [-0.3, -0.25) is 10.1 Å². The third kappa shape index (κ3) is 4.43. The minimum absolute atomic E-state index is 0.0286. The molecule has 1 heterocycles. The Balaban J connectivity index is 2.48. The molecule has 2 N–H and O–H groups in total. The number of rotatable bonds is 4. The normalized spacial score (nSPS) is 11.2. The van der Waals surface area contributed by atoms with Crippen LogP contribution in [0.2, 0.25) is 10.0 Å². The molecule has 0 saturated carbocycles. The summed E-state index contributed by atoms with van der Waals surface area (Å²) in [5.74, 6) is 0.152. The summed E-state index contributed by atoms with van der Waals surface area (Å²) < 4.78 is 0. The zero-order chi connectivity index (χ0) is 17.2. The van der Waals surface area contributed by atoms with Crippen molar-refractivity contribution < 1.29 is 4.92 Å². The smallest absolute Gasteiger partial charge is 0.353 e. The lowest BCUT2D eigenvalue weighted by molar-refractivity contribution is -0.383. The Hall–Kier alpha value is -2.12. The molecule has 0 unspecified atom stereocenters. The third-order valence-corrected chi connectivity index (χ3v) is 3.24. The molecule has 2 aromatic rings. The van der Waals surface area contributed by atoms with Crippen LogP contribution in [0.25, 0.3) is 0 Å². The van der Waals surface area contributed by atoms with Crippen LogP contribution in [0.1, 0.15) is 20.8 Å². The fourth-order valence-corrected chi connectivity index (χ4v) is 2.15. The quantitative estimate of drug-likeness (QED) is 0.612. The Labute approximate surface area is 143 Å². The maximum atomic E-state index is 11.5. The summed E-state index contributed by atoms with van der Waals surface area (Å²) in [5, 5.41) is 18.1. The van der Waals surface area contributed by atoms with E-state index >= 15 is 0 Å². The van der Waals surface area contributed by atoms with E-state index in [0.717, 1.165) is 0 Å². The second kappa shape index (κ2) is 6.55. The second-order valence-corrected chi connectivity index (χ2v) is 6.64. The van der Waals surface area contributed by atoms with E-state index in [1.54, 1.807) is 18.2 Å². The van der Waals surface area contributed by atoms with E-state index in [1.165, 1.54) is 6.33 Å². The molecule has 0 spiro atoms. The number of nitrogens with zero attached hydrogens (tertiary/aromatic N) is 3. The van der Waals surface area contributed by atoms with Gasteiger partial charge in [-0.2, -0.15) is 0 Å². The molecule has 122 valence electrons. The predicted octanol–water partition coefficient (Wildman–Crippen LogP) is 4.65. The summed E-state index contributed by atoms with van der Waals surface area (Å²) in [6, 6.07) is 4.77. The Morgan fingerprint density at radius 1 is 1.17 bits per heavy atom. The van der Waals surface area contributed by atoms with E-state index < -0.39 is 10.5 Å². The first-order valence-corrected chi connectivity index (χ1v) is 7.42. The lowest BCUT2D eigenvalue weighted by Gasteiger charge is -2.21. The number of aromatic nitrogens is 2. The predicted molar refractivity (Wildman–Crippen MR) is 91.8 cm³/mol. The highest BCUT2D eigenvalue weighted by molar-refractivity contribution is 6.35. The van der Waals surface area contributed by atoms with Gasteiger partial charge in [0.2, 0.25) is 11.6 Å². The van der Waals surface area contributed by atoms with Gasteiger partial charge in [0.25, 0.3) is 0 Å². The SMILES string of the molecule is CC(C)(C)Nc1ncnc(Nc2cc(Cl)ccc2Cl)c1[N+](=O)[O-]. The molecule has 1 aromatic heterocycles. The van der Waals surface area contributed by atoms with Crippen LogP contribution in [-0.2, 0) is 0 Å². The summed E-state index contributed by atoms with van der Waals surface area (Å²) in [7, 11) is 0. The molecule has 0 saturated heterocycles. The minimum atomic E-state index is -0.547. The third-order valence-electron chi connectivity index (χ3n) is 2.68. The first-order chi connectivity index (χ1) is 10.7. The van der Waals surface area contributed by atoms with E-state index in [-0.39, 0.29) is 17.3 Å². The largest absolute Gasteiger partial charge is 0.360 e. The van der Waals surface area contributed by atoms with Gasteiger partial charge >= 0.3 is 5.69 Å². The van der Waals surface area contributed by atoms with Gasteiger partial charge in [-0.25, -0.2) is 9.97 Å². The summed E-state index contributed by atoms with van der Waals surface area (Å²) in [5.41, 5.74) is -0.245. The second-order valence-electron chi connectivity index (χ2n) is 5.80. The van der Waals surface area contributed by atoms with Crippen LogP contribution < -0.4 is 10.6 Å². The average Bonchev–Trinajstić information content (AvgIpc) is 2.41. The number of hydrogen-bond donors (Lipinski definition) is 2. The first-order valence-electron chi connectivity index (χ1n) is 6.67. The molecule has 0 radical (unpaired) electrons. The maximum Gasteiger partial charge on any atom is 0.353 e. The van der Waals surface area contributed by atoms with E-state index in [1.807, 2.05) is 20.8 Å². The zero-order valence-corrected chi connectivity index (χ0v) is 14.2. The Morgan fingerprint density at radius 3 is 2.43 bits per heavy atom. The van der Waals surface area contributed by atoms with Crippen LogP contribution in [0, 0.1) is 10.1 Å². The molecule has 0 fully saturated rings. The maximum absolute atomic E-state index is 11.5. The number of nitro groups is 1. The molecular formula is C14H15Cl2N5O2. The molecule has 0 amide bonds. The lowest BCUT2D eigenvalue weighted by atomic mass is 10.1. The number of nitrogens with one attached hydrogen (secondary N) is 2. The van der Waals surface area contributed by atoms with Crippen LogP contribution in [0.5, 0.6) is 0 Å². The van der Waals surface area contributed by atoms with Gasteiger partial charge in [0.1, 0.15) is 6.33 Å². The standard InChI is InChI=1S/C14H15Cl2N5O2/c1-14(2,3)20-13-11(21(22)23)12(17-7-18-13)19-10-6-8(15)4-5-9(10)16/h4-7H,1-3H3,(H2,17,18,19,20). The van der Waals surface area contributed by atoms with Crippen molar-refractivity contribution in [1.82, 2.24) is 9.97 Å². The van der Waals surface area contributed by atoms with Crippen LogP contribution in [0.3, 0.4) is 0 Å². The molecular weight excluding hydrogens is 341 g/mol. The molecule has 7 nitrogen and oxygen atoms in total. The molecule has 1 aromatic carbocycles. The van der Waals surface area contributed by atoms with Crippen LogP contribution >= 0.6 is 23.2 Å². The van der Waals surface area contributed by atoms with Crippen molar-refractivity contribution in [2.75, 3.05) is 10.6 Å². The Kier molecular flexibility index (Phi) is 4.91. The van der Waals surface area contributed by atoms with Gasteiger partial charge < -0.3 is 10.6 Å². The van der Waals surface area contributed by atoms with Crippen molar-refractivity contribution in [2.45, 2.75) is 26.3 Å².